The molecule has 0 aliphatic rings. The van der Waals surface area contributed by atoms with Crippen LogP contribution in [0.2, 0.25) is 0 Å². The van der Waals surface area contributed by atoms with Gasteiger partial charge in [-0.2, -0.15) is 5.10 Å². The summed E-state index contributed by atoms with van der Waals surface area (Å²) in [6.45, 7) is 5.90. The van der Waals surface area contributed by atoms with Gasteiger partial charge in [0, 0.05) is 25.5 Å². The Hall–Kier alpha value is -1.36. The normalized spacial score (nSPS) is 11.4. The highest BCUT2D eigenvalue weighted by molar-refractivity contribution is 5.75. The van der Waals surface area contributed by atoms with Gasteiger partial charge in [-0.1, -0.05) is 0 Å². The smallest absolute Gasteiger partial charge is 0.312 e. The highest BCUT2D eigenvalue weighted by atomic mass is 16.5. The number of rotatable bonds is 6. The monoisotopic (exact) mass is 225 g/mol. The van der Waals surface area contributed by atoms with Crippen molar-refractivity contribution in [1.82, 2.24) is 15.1 Å². The van der Waals surface area contributed by atoms with E-state index in [-0.39, 0.29) is 5.97 Å². The molecule has 1 rings (SSSR count). The minimum absolute atomic E-state index is 0.195. The van der Waals surface area contributed by atoms with Crippen molar-refractivity contribution in [2.24, 2.45) is 5.41 Å². The van der Waals surface area contributed by atoms with Crippen LogP contribution in [0.15, 0.2) is 18.5 Å². The van der Waals surface area contributed by atoms with Crippen LogP contribution in [0.25, 0.3) is 0 Å². The molecule has 1 aromatic heterocycles. The standard InChI is InChI=1S/C11H19N3O2/c1-11(2,10(15)16-3)9-12-6-8-14-7-4-5-13-14/h4-5,7,12H,6,8-9H2,1-3H3. The van der Waals surface area contributed by atoms with E-state index in [0.717, 1.165) is 13.1 Å². The van der Waals surface area contributed by atoms with E-state index in [4.69, 9.17) is 4.74 Å². The van der Waals surface area contributed by atoms with Crippen LogP contribution in [0, 0.1) is 5.41 Å². The number of hydrogen-bond donors (Lipinski definition) is 1. The molecular formula is C11H19N3O2. The molecule has 0 spiro atoms. The SMILES string of the molecule is COC(=O)C(C)(C)CNCCn1cccn1. The second kappa shape index (κ2) is 5.65. The van der Waals surface area contributed by atoms with Gasteiger partial charge in [0.25, 0.3) is 0 Å². The number of carbonyl (C=O) groups excluding carboxylic acids is 1. The zero-order valence-electron chi connectivity index (χ0n) is 10.1. The summed E-state index contributed by atoms with van der Waals surface area (Å²) in [4.78, 5) is 11.4. The first-order valence-electron chi connectivity index (χ1n) is 5.33. The molecule has 1 heterocycles. The quantitative estimate of drug-likeness (QED) is 0.571. The van der Waals surface area contributed by atoms with Crippen molar-refractivity contribution in [1.29, 1.82) is 0 Å². The van der Waals surface area contributed by atoms with Crippen molar-refractivity contribution in [3.05, 3.63) is 18.5 Å². The van der Waals surface area contributed by atoms with Gasteiger partial charge >= 0.3 is 5.97 Å². The molecule has 0 aliphatic heterocycles. The molecule has 90 valence electrons. The molecule has 1 aromatic rings. The van der Waals surface area contributed by atoms with Crippen LogP contribution in [0.1, 0.15) is 13.8 Å². The van der Waals surface area contributed by atoms with Gasteiger partial charge in [0.05, 0.1) is 19.1 Å². The lowest BCUT2D eigenvalue weighted by atomic mass is 9.94. The van der Waals surface area contributed by atoms with E-state index in [1.165, 1.54) is 7.11 Å². The number of methoxy groups -OCH3 is 1. The number of hydrogen-bond acceptors (Lipinski definition) is 4. The molecule has 0 saturated carbocycles. The topological polar surface area (TPSA) is 56.1 Å². The maximum absolute atomic E-state index is 11.4. The summed E-state index contributed by atoms with van der Waals surface area (Å²) in [7, 11) is 1.41. The fraction of sp³-hybridized carbons (Fsp3) is 0.636. The van der Waals surface area contributed by atoms with E-state index in [9.17, 15) is 4.79 Å². The van der Waals surface area contributed by atoms with E-state index in [1.807, 2.05) is 30.8 Å². The molecule has 5 heteroatoms. The fourth-order valence-corrected chi connectivity index (χ4v) is 1.38. The van der Waals surface area contributed by atoms with Gasteiger partial charge in [-0.3, -0.25) is 9.48 Å². The Kier molecular flexibility index (Phi) is 4.49. The second-order valence-electron chi connectivity index (χ2n) is 4.32. The Balaban J connectivity index is 2.22. The average molecular weight is 225 g/mol. The molecule has 0 radical (unpaired) electrons. The highest BCUT2D eigenvalue weighted by Crippen LogP contribution is 2.14. The van der Waals surface area contributed by atoms with E-state index < -0.39 is 5.41 Å². The Bertz CT molecular complexity index is 320. The van der Waals surface area contributed by atoms with Crippen LogP contribution in [0.5, 0.6) is 0 Å². The number of carbonyl (C=O) groups is 1. The van der Waals surface area contributed by atoms with Crippen LogP contribution in [-0.2, 0) is 16.1 Å². The van der Waals surface area contributed by atoms with Gasteiger partial charge in [0.2, 0.25) is 0 Å². The molecule has 0 bridgehead atoms. The van der Waals surface area contributed by atoms with E-state index >= 15 is 0 Å². The summed E-state index contributed by atoms with van der Waals surface area (Å²) >= 11 is 0. The van der Waals surface area contributed by atoms with Gasteiger partial charge in [-0.05, 0) is 19.9 Å². The molecule has 0 amide bonds. The maximum atomic E-state index is 11.4. The van der Waals surface area contributed by atoms with Crippen molar-refractivity contribution in [2.45, 2.75) is 20.4 Å². The van der Waals surface area contributed by atoms with E-state index in [2.05, 4.69) is 10.4 Å². The predicted molar refractivity (Wildman–Crippen MR) is 60.9 cm³/mol. The summed E-state index contributed by atoms with van der Waals surface area (Å²) in [5.74, 6) is -0.195. The Morgan fingerprint density at radius 3 is 2.88 bits per heavy atom. The lowest BCUT2D eigenvalue weighted by molar-refractivity contribution is -0.150. The van der Waals surface area contributed by atoms with Crippen LogP contribution < -0.4 is 5.32 Å². The molecular weight excluding hydrogens is 206 g/mol. The van der Waals surface area contributed by atoms with Gasteiger partial charge < -0.3 is 10.1 Å². The van der Waals surface area contributed by atoms with E-state index in [1.54, 1.807) is 6.20 Å². The van der Waals surface area contributed by atoms with Crippen LogP contribution >= 0.6 is 0 Å². The van der Waals surface area contributed by atoms with Gasteiger partial charge in [-0.25, -0.2) is 0 Å². The minimum atomic E-state index is -0.487. The molecule has 0 fully saturated rings. The van der Waals surface area contributed by atoms with E-state index in [0.29, 0.717) is 6.54 Å². The second-order valence-corrected chi connectivity index (χ2v) is 4.32. The Morgan fingerprint density at radius 2 is 2.31 bits per heavy atom. The highest BCUT2D eigenvalue weighted by Gasteiger charge is 2.27. The number of ether oxygens (including phenoxy) is 1. The molecule has 0 aromatic carbocycles. The number of nitrogens with zero attached hydrogens (tertiary/aromatic N) is 2. The number of nitrogens with one attached hydrogen (secondary N) is 1. The third-order valence-electron chi connectivity index (χ3n) is 2.38. The van der Waals surface area contributed by atoms with Crippen molar-refractivity contribution < 1.29 is 9.53 Å². The van der Waals surface area contributed by atoms with Crippen LogP contribution in [0.3, 0.4) is 0 Å². The van der Waals surface area contributed by atoms with Crippen molar-refractivity contribution in [3.8, 4) is 0 Å². The minimum Gasteiger partial charge on any atom is -0.469 e. The summed E-state index contributed by atoms with van der Waals surface area (Å²) in [5, 5.41) is 7.30. The lowest BCUT2D eigenvalue weighted by Crippen LogP contribution is -2.38. The van der Waals surface area contributed by atoms with Crippen LogP contribution in [-0.4, -0.2) is 35.9 Å². The number of aromatic nitrogens is 2. The zero-order valence-corrected chi connectivity index (χ0v) is 10.1. The summed E-state index contributed by atoms with van der Waals surface area (Å²) < 4.78 is 6.57. The third kappa shape index (κ3) is 3.66. The molecule has 0 aliphatic carbocycles. The maximum Gasteiger partial charge on any atom is 0.312 e. The molecule has 1 N–H and O–H groups in total. The lowest BCUT2D eigenvalue weighted by Gasteiger charge is -2.21. The molecule has 0 saturated heterocycles. The van der Waals surface area contributed by atoms with Crippen molar-refractivity contribution in [3.63, 3.8) is 0 Å². The summed E-state index contributed by atoms with van der Waals surface area (Å²) in [6, 6.07) is 1.89. The zero-order chi connectivity index (χ0) is 12.0. The molecule has 0 atom stereocenters. The van der Waals surface area contributed by atoms with Crippen molar-refractivity contribution >= 4 is 5.97 Å². The first kappa shape index (κ1) is 12.7. The fourth-order valence-electron chi connectivity index (χ4n) is 1.38. The predicted octanol–water partition coefficient (Wildman–Crippen LogP) is 0.672. The van der Waals surface area contributed by atoms with Gasteiger partial charge in [0.1, 0.15) is 0 Å². The van der Waals surface area contributed by atoms with Crippen molar-refractivity contribution in [2.75, 3.05) is 20.2 Å². The van der Waals surface area contributed by atoms with Crippen LogP contribution in [0.4, 0.5) is 0 Å². The Morgan fingerprint density at radius 1 is 1.56 bits per heavy atom. The molecule has 0 unspecified atom stereocenters. The first-order valence-corrected chi connectivity index (χ1v) is 5.33. The summed E-state index contributed by atoms with van der Waals surface area (Å²) in [6.07, 6.45) is 3.66. The first-order chi connectivity index (χ1) is 7.56. The Labute approximate surface area is 95.8 Å². The number of esters is 1. The van der Waals surface area contributed by atoms with Gasteiger partial charge in [0.15, 0.2) is 0 Å². The summed E-state index contributed by atoms with van der Waals surface area (Å²) in [5.41, 5.74) is -0.487. The molecule has 16 heavy (non-hydrogen) atoms. The molecule has 5 nitrogen and oxygen atoms in total. The largest absolute Gasteiger partial charge is 0.469 e. The third-order valence-corrected chi connectivity index (χ3v) is 2.38. The average Bonchev–Trinajstić information content (AvgIpc) is 2.76. The van der Waals surface area contributed by atoms with Gasteiger partial charge in [-0.15, -0.1) is 0 Å².